The van der Waals surface area contributed by atoms with Gasteiger partial charge in [-0.15, -0.1) is 0 Å². The van der Waals surface area contributed by atoms with Crippen LogP contribution in [0.5, 0.6) is 0 Å². The van der Waals surface area contributed by atoms with Crippen molar-refractivity contribution in [2.45, 2.75) is 34.1 Å². The van der Waals surface area contributed by atoms with Gasteiger partial charge >= 0.3 is 0 Å². The molecule has 2 N–H and O–H groups in total. The van der Waals surface area contributed by atoms with Crippen LogP contribution in [0.25, 0.3) is 0 Å². The van der Waals surface area contributed by atoms with Gasteiger partial charge in [0, 0.05) is 24.3 Å². The van der Waals surface area contributed by atoms with Gasteiger partial charge in [0.2, 0.25) is 0 Å². The highest BCUT2D eigenvalue weighted by Crippen LogP contribution is 2.25. The average Bonchev–Trinajstić information content (AvgIpc) is 2.31. The maximum absolute atomic E-state index is 12.6. The predicted octanol–water partition coefficient (Wildman–Crippen LogP) is 3.00. The molecule has 1 fully saturated rings. The number of likely N-dealkylation sites (tertiary alicyclic amines) is 1. The largest absolute Gasteiger partial charge is 0.398 e. The van der Waals surface area contributed by atoms with Gasteiger partial charge in [-0.1, -0.05) is 19.9 Å². The van der Waals surface area contributed by atoms with E-state index >= 15 is 0 Å². The SMILES string of the molecule is Cc1cc(C)c(C(=O)N2CC(C)CC(C)C2)cc1N. The van der Waals surface area contributed by atoms with Crippen molar-refractivity contribution in [3.63, 3.8) is 0 Å². The van der Waals surface area contributed by atoms with Crippen molar-refractivity contribution in [1.82, 2.24) is 4.90 Å². The Balaban J connectivity index is 2.26. The monoisotopic (exact) mass is 260 g/mol. The molecule has 1 saturated heterocycles. The van der Waals surface area contributed by atoms with Crippen molar-refractivity contribution in [3.05, 3.63) is 28.8 Å². The molecule has 1 aliphatic heterocycles. The summed E-state index contributed by atoms with van der Waals surface area (Å²) in [6.45, 7) is 10.1. The van der Waals surface area contributed by atoms with Gasteiger partial charge in [0.15, 0.2) is 0 Å². The number of nitrogens with two attached hydrogens (primary N) is 1. The number of anilines is 1. The molecule has 104 valence electrons. The van der Waals surface area contributed by atoms with E-state index in [-0.39, 0.29) is 5.91 Å². The number of nitrogen functional groups attached to an aromatic ring is 1. The van der Waals surface area contributed by atoms with Gasteiger partial charge < -0.3 is 10.6 Å². The molecule has 2 unspecified atom stereocenters. The molecule has 0 aliphatic carbocycles. The first-order chi connectivity index (χ1) is 8.88. The maximum Gasteiger partial charge on any atom is 0.254 e. The summed E-state index contributed by atoms with van der Waals surface area (Å²) in [4.78, 5) is 14.6. The molecular weight excluding hydrogens is 236 g/mol. The second-order valence-electron chi connectivity index (χ2n) is 6.18. The van der Waals surface area contributed by atoms with Crippen molar-refractivity contribution < 1.29 is 4.79 Å². The molecule has 0 radical (unpaired) electrons. The van der Waals surface area contributed by atoms with Gasteiger partial charge in [-0.2, -0.15) is 0 Å². The van der Waals surface area contributed by atoms with E-state index in [0.29, 0.717) is 17.5 Å². The van der Waals surface area contributed by atoms with E-state index in [1.165, 1.54) is 6.42 Å². The van der Waals surface area contributed by atoms with Crippen molar-refractivity contribution >= 4 is 11.6 Å². The topological polar surface area (TPSA) is 46.3 Å². The summed E-state index contributed by atoms with van der Waals surface area (Å²) in [6, 6.07) is 3.83. The number of benzene rings is 1. The molecule has 0 bridgehead atoms. The number of nitrogens with zero attached hydrogens (tertiary/aromatic N) is 1. The van der Waals surface area contributed by atoms with Crippen LogP contribution < -0.4 is 5.73 Å². The smallest absolute Gasteiger partial charge is 0.254 e. The Morgan fingerprint density at radius 2 is 1.74 bits per heavy atom. The molecule has 2 rings (SSSR count). The van der Waals surface area contributed by atoms with E-state index in [1.54, 1.807) is 0 Å². The number of aryl methyl sites for hydroxylation is 2. The number of piperidine rings is 1. The second-order valence-corrected chi connectivity index (χ2v) is 6.18. The van der Waals surface area contributed by atoms with E-state index in [9.17, 15) is 4.79 Å². The lowest BCUT2D eigenvalue weighted by atomic mass is 9.91. The number of amides is 1. The zero-order valence-electron chi connectivity index (χ0n) is 12.4. The van der Waals surface area contributed by atoms with Crippen molar-refractivity contribution in [2.24, 2.45) is 11.8 Å². The number of hydrogen-bond donors (Lipinski definition) is 1. The lowest BCUT2D eigenvalue weighted by Gasteiger charge is -2.35. The molecule has 1 aliphatic rings. The summed E-state index contributed by atoms with van der Waals surface area (Å²) in [6.07, 6.45) is 1.21. The summed E-state index contributed by atoms with van der Waals surface area (Å²) in [5.41, 5.74) is 9.45. The van der Waals surface area contributed by atoms with E-state index in [2.05, 4.69) is 13.8 Å². The van der Waals surface area contributed by atoms with Crippen LogP contribution >= 0.6 is 0 Å². The highest BCUT2D eigenvalue weighted by molar-refractivity contribution is 5.96. The molecule has 0 saturated carbocycles. The van der Waals surface area contributed by atoms with Crippen LogP contribution in [-0.4, -0.2) is 23.9 Å². The third-order valence-corrected chi connectivity index (χ3v) is 4.00. The Morgan fingerprint density at radius 3 is 2.32 bits per heavy atom. The van der Waals surface area contributed by atoms with Crippen molar-refractivity contribution in [1.29, 1.82) is 0 Å². The summed E-state index contributed by atoms with van der Waals surface area (Å²) in [7, 11) is 0. The van der Waals surface area contributed by atoms with Gasteiger partial charge in [-0.3, -0.25) is 4.79 Å². The van der Waals surface area contributed by atoms with Crippen LogP contribution in [0.1, 0.15) is 41.8 Å². The second kappa shape index (κ2) is 5.24. The van der Waals surface area contributed by atoms with Crippen LogP contribution in [-0.2, 0) is 0 Å². The molecule has 3 heteroatoms. The summed E-state index contributed by atoms with van der Waals surface area (Å²) in [5.74, 6) is 1.29. The van der Waals surface area contributed by atoms with Crippen LogP contribution in [0.3, 0.4) is 0 Å². The normalized spacial score (nSPS) is 23.5. The number of hydrogen-bond acceptors (Lipinski definition) is 2. The third-order valence-electron chi connectivity index (χ3n) is 4.00. The van der Waals surface area contributed by atoms with Gasteiger partial charge in [0.05, 0.1) is 0 Å². The van der Waals surface area contributed by atoms with Crippen LogP contribution in [0, 0.1) is 25.7 Å². The highest BCUT2D eigenvalue weighted by Gasteiger charge is 2.27. The molecule has 19 heavy (non-hydrogen) atoms. The Bertz CT molecular complexity index is 486. The maximum atomic E-state index is 12.6. The first-order valence-electron chi connectivity index (χ1n) is 7.04. The fourth-order valence-corrected chi connectivity index (χ4v) is 3.10. The van der Waals surface area contributed by atoms with Gasteiger partial charge in [-0.25, -0.2) is 0 Å². The zero-order valence-corrected chi connectivity index (χ0v) is 12.4. The molecule has 0 spiro atoms. The lowest BCUT2D eigenvalue weighted by molar-refractivity contribution is 0.0622. The van der Waals surface area contributed by atoms with Crippen LogP contribution in [0.2, 0.25) is 0 Å². The Hall–Kier alpha value is -1.51. The van der Waals surface area contributed by atoms with Crippen LogP contribution in [0.15, 0.2) is 12.1 Å². The molecule has 1 aromatic carbocycles. The first-order valence-corrected chi connectivity index (χ1v) is 7.04. The minimum Gasteiger partial charge on any atom is -0.398 e. The van der Waals surface area contributed by atoms with E-state index in [1.807, 2.05) is 30.9 Å². The third kappa shape index (κ3) is 2.91. The summed E-state index contributed by atoms with van der Waals surface area (Å²) >= 11 is 0. The average molecular weight is 260 g/mol. The fourth-order valence-electron chi connectivity index (χ4n) is 3.10. The van der Waals surface area contributed by atoms with Crippen molar-refractivity contribution in [3.8, 4) is 0 Å². The summed E-state index contributed by atoms with van der Waals surface area (Å²) < 4.78 is 0. The fraction of sp³-hybridized carbons (Fsp3) is 0.562. The summed E-state index contributed by atoms with van der Waals surface area (Å²) in [5, 5.41) is 0. The molecule has 1 aromatic rings. The quantitative estimate of drug-likeness (QED) is 0.789. The Kier molecular flexibility index (Phi) is 3.83. The minimum absolute atomic E-state index is 0.127. The lowest BCUT2D eigenvalue weighted by Crippen LogP contribution is -2.42. The standard InChI is InChI=1S/C16H24N2O/c1-10-5-11(2)9-18(8-10)16(19)14-7-15(17)13(4)6-12(14)3/h6-7,10-11H,5,8-9,17H2,1-4H3. The molecule has 2 atom stereocenters. The zero-order chi connectivity index (χ0) is 14.2. The minimum atomic E-state index is 0.127. The van der Waals surface area contributed by atoms with Gasteiger partial charge in [0.25, 0.3) is 5.91 Å². The Labute approximate surface area is 115 Å². The van der Waals surface area contributed by atoms with E-state index in [4.69, 9.17) is 5.73 Å². The van der Waals surface area contributed by atoms with Crippen molar-refractivity contribution in [2.75, 3.05) is 18.8 Å². The predicted molar refractivity (Wildman–Crippen MR) is 79.2 cm³/mol. The Morgan fingerprint density at radius 1 is 1.16 bits per heavy atom. The number of carbonyl (C=O) groups excluding carboxylic acids is 1. The number of carbonyl (C=O) groups is 1. The van der Waals surface area contributed by atoms with E-state index in [0.717, 1.165) is 29.8 Å². The highest BCUT2D eigenvalue weighted by atomic mass is 16.2. The van der Waals surface area contributed by atoms with Crippen LogP contribution in [0.4, 0.5) is 5.69 Å². The molecule has 1 amide bonds. The van der Waals surface area contributed by atoms with Gasteiger partial charge in [0.1, 0.15) is 0 Å². The van der Waals surface area contributed by atoms with E-state index < -0.39 is 0 Å². The number of rotatable bonds is 1. The first kappa shape index (κ1) is 13.9. The molecular formula is C16H24N2O. The molecule has 0 aromatic heterocycles. The molecule has 3 nitrogen and oxygen atoms in total. The van der Waals surface area contributed by atoms with Gasteiger partial charge in [-0.05, 0) is 49.3 Å². The molecule has 1 heterocycles.